The molecular weight excluding hydrogens is 223 g/mol. The first kappa shape index (κ1) is 13.1. The second-order valence-electron chi connectivity index (χ2n) is 5.21. The number of hydrogen-bond acceptors (Lipinski definition) is 0. The van der Waals surface area contributed by atoms with Gasteiger partial charge in [-0.25, -0.2) is 0 Å². The smallest absolute Gasteiger partial charge is 0.0166 e. The predicted molar refractivity (Wildman–Crippen MR) is 79.6 cm³/mol. The molecule has 1 aromatic carbocycles. The van der Waals surface area contributed by atoms with Gasteiger partial charge in [-0.15, -0.1) is 0 Å². The third kappa shape index (κ3) is 3.10. The van der Waals surface area contributed by atoms with Gasteiger partial charge in [0.15, 0.2) is 0 Å². The fraction of sp³-hybridized carbons (Fsp3) is 0.625. The van der Waals surface area contributed by atoms with E-state index in [0.29, 0.717) is 0 Å². The summed E-state index contributed by atoms with van der Waals surface area (Å²) in [7, 11) is 0.121. The molecule has 2 atom stereocenters. The first-order valence-electron chi connectivity index (χ1n) is 7.20. The van der Waals surface area contributed by atoms with Gasteiger partial charge in [0.25, 0.3) is 0 Å². The van der Waals surface area contributed by atoms with Crippen molar-refractivity contribution in [1.29, 1.82) is 0 Å². The van der Waals surface area contributed by atoms with Crippen molar-refractivity contribution >= 4 is 13.2 Å². The maximum Gasteiger partial charge on any atom is -0.0166 e. The highest BCUT2D eigenvalue weighted by atomic mass is 31.1. The first-order chi connectivity index (χ1) is 8.36. The minimum atomic E-state index is 0.121. The van der Waals surface area contributed by atoms with Gasteiger partial charge < -0.3 is 0 Å². The van der Waals surface area contributed by atoms with E-state index in [0.717, 1.165) is 11.3 Å². The fourth-order valence-electron chi connectivity index (χ4n) is 3.22. The van der Waals surface area contributed by atoms with Gasteiger partial charge in [-0.2, -0.15) is 0 Å². The van der Waals surface area contributed by atoms with Gasteiger partial charge in [0.2, 0.25) is 0 Å². The van der Waals surface area contributed by atoms with Crippen molar-refractivity contribution in [3.8, 4) is 0 Å². The zero-order valence-corrected chi connectivity index (χ0v) is 12.1. The molecule has 1 fully saturated rings. The second-order valence-corrected chi connectivity index (χ2v) is 8.00. The molecule has 0 bridgehead atoms. The Bertz CT molecular complexity index is 306. The summed E-state index contributed by atoms with van der Waals surface area (Å²) in [5.41, 5.74) is 2.02. The lowest BCUT2D eigenvalue weighted by molar-refractivity contribution is 0.649. The minimum Gasteiger partial charge on any atom is -0.0690 e. The summed E-state index contributed by atoms with van der Waals surface area (Å²) in [5.74, 6) is 0. The Morgan fingerprint density at radius 3 is 1.94 bits per heavy atom. The monoisotopic (exact) mass is 248 g/mol. The van der Waals surface area contributed by atoms with Gasteiger partial charge >= 0.3 is 0 Å². The van der Waals surface area contributed by atoms with E-state index >= 15 is 0 Å². The molecule has 0 nitrogen and oxygen atoms in total. The van der Waals surface area contributed by atoms with Crippen LogP contribution in [-0.2, 0) is 0 Å². The minimum absolute atomic E-state index is 0.121. The average Bonchev–Trinajstić information content (AvgIpc) is 2.74. The van der Waals surface area contributed by atoms with E-state index in [2.05, 4.69) is 44.2 Å². The molecule has 0 spiro atoms. The highest BCUT2D eigenvalue weighted by Crippen LogP contribution is 2.57. The lowest BCUT2D eigenvalue weighted by atomic mass is 10.1. The van der Waals surface area contributed by atoms with E-state index in [1.165, 1.54) is 38.5 Å². The van der Waals surface area contributed by atoms with Crippen molar-refractivity contribution in [2.24, 2.45) is 0 Å². The SMILES string of the molecule is CCCC1CCC(CCC)P1c1ccccc1. The quantitative estimate of drug-likeness (QED) is 0.648. The van der Waals surface area contributed by atoms with Crippen molar-refractivity contribution in [1.82, 2.24) is 0 Å². The van der Waals surface area contributed by atoms with Gasteiger partial charge in [0.1, 0.15) is 0 Å². The molecule has 1 heteroatoms. The van der Waals surface area contributed by atoms with Crippen molar-refractivity contribution in [3.05, 3.63) is 30.3 Å². The molecule has 1 heterocycles. The van der Waals surface area contributed by atoms with Crippen LogP contribution in [0.1, 0.15) is 52.4 Å². The third-order valence-corrected chi connectivity index (χ3v) is 7.42. The Balaban J connectivity index is 2.17. The van der Waals surface area contributed by atoms with Crippen molar-refractivity contribution in [2.45, 2.75) is 63.7 Å². The van der Waals surface area contributed by atoms with Crippen molar-refractivity contribution < 1.29 is 0 Å². The Hall–Kier alpha value is -0.350. The molecule has 0 N–H and O–H groups in total. The van der Waals surface area contributed by atoms with Crippen LogP contribution in [0.2, 0.25) is 0 Å². The summed E-state index contributed by atoms with van der Waals surface area (Å²) in [6, 6.07) is 11.4. The van der Waals surface area contributed by atoms with Gasteiger partial charge in [0.05, 0.1) is 0 Å². The Morgan fingerprint density at radius 1 is 0.941 bits per heavy atom. The molecule has 0 amide bonds. The molecule has 0 aliphatic carbocycles. The second kappa shape index (κ2) is 6.55. The summed E-state index contributed by atoms with van der Waals surface area (Å²) < 4.78 is 0. The lowest BCUT2D eigenvalue weighted by Crippen LogP contribution is -2.14. The summed E-state index contributed by atoms with van der Waals surface area (Å²) >= 11 is 0. The maximum atomic E-state index is 2.38. The van der Waals surface area contributed by atoms with Crippen LogP contribution in [0.4, 0.5) is 0 Å². The molecule has 0 radical (unpaired) electrons. The van der Waals surface area contributed by atoms with Crippen molar-refractivity contribution in [2.75, 3.05) is 0 Å². The van der Waals surface area contributed by atoms with Gasteiger partial charge in [-0.3, -0.25) is 0 Å². The van der Waals surface area contributed by atoms with Crippen LogP contribution in [-0.4, -0.2) is 11.3 Å². The van der Waals surface area contributed by atoms with Gasteiger partial charge in [-0.1, -0.05) is 64.9 Å². The van der Waals surface area contributed by atoms with Crippen LogP contribution in [0.15, 0.2) is 30.3 Å². The van der Waals surface area contributed by atoms with E-state index in [9.17, 15) is 0 Å². The third-order valence-electron chi connectivity index (χ3n) is 3.92. The van der Waals surface area contributed by atoms with Crippen LogP contribution in [0.3, 0.4) is 0 Å². The molecule has 1 saturated heterocycles. The molecule has 2 unspecified atom stereocenters. The highest BCUT2D eigenvalue weighted by Gasteiger charge is 2.35. The number of rotatable bonds is 5. The zero-order chi connectivity index (χ0) is 12.1. The summed E-state index contributed by atoms with van der Waals surface area (Å²) in [6.45, 7) is 4.68. The van der Waals surface area contributed by atoms with Crippen LogP contribution in [0.25, 0.3) is 0 Å². The molecular formula is C16H25P. The number of benzene rings is 1. The Labute approximate surface area is 108 Å². The van der Waals surface area contributed by atoms with Crippen molar-refractivity contribution in [3.63, 3.8) is 0 Å². The van der Waals surface area contributed by atoms with E-state index in [-0.39, 0.29) is 7.92 Å². The molecule has 0 saturated carbocycles. The Morgan fingerprint density at radius 2 is 1.47 bits per heavy atom. The Kier molecular flexibility index (Phi) is 5.04. The standard InChI is InChI=1S/C16H25P/c1-3-8-14-12-13-15(9-4-2)17(14)16-10-6-5-7-11-16/h5-7,10-11,14-15H,3-4,8-9,12-13H2,1-2H3. The maximum absolute atomic E-state index is 2.38. The molecule has 1 aliphatic rings. The van der Waals surface area contributed by atoms with Gasteiger partial charge in [-0.05, 0) is 42.3 Å². The van der Waals surface area contributed by atoms with E-state index in [4.69, 9.17) is 0 Å². The van der Waals surface area contributed by atoms with Gasteiger partial charge in [0, 0.05) is 0 Å². The summed E-state index contributed by atoms with van der Waals surface area (Å²) in [5, 5.41) is 1.66. The molecule has 2 rings (SSSR count). The van der Waals surface area contributed by atoms with E-state index < -0.39 is 0 Å². The van der Waals surface area contributed by atoms with Crippen LogP contribution >= 0.6 is 7.92 Å². The molecule has 1 aromatic rings. The number of hydrogen-bond donors (Lipinski definition) is 0. The lowest BCUT2D eigenvalue weighted by Gasteiger charge is -2.26. The first-order valence-corrected chi connectivity index (χ1v) is 8.68. The molecule has 0 aromatic heterocycles. The molecule has 17 heavy (non-hydrogen) atoms. The summed E-state index contributed by atoms with van der Waals surface area (Å²) in [6.07, 6.45) is 8.57. The summed E-state index contributed by atoms with van der Waals surface area (Å²) in [4.78, 5) is 0. The predicted octanol–water partition coefficient (Wildman–Crippen LogP) is 4.93. The van der Waals surface area contributed by atoms with Crippen LogP contribution in [0, 0.1) is 0 Å². The highest BCUT2D eigenvalue weighted by molar-refractivity contribution is 7.67. The molecule has 1 aliphatic heterocycles. The topological polar surface area (TPSA) is 0 Å². The average molecular weight is 248 g/mol. The van der Waals surface area contributed by atoms with E-state index in [1.54, 1.807) is 5.30 Å². The molecule has 94 valence electrons. The van der Waals surface area contributed by atoms with E-state index in [1.807, 2.05) is 0 Å². The zero-order valence-electron chi connectivity index (χ0n) is 11.2. The van der Waals surface area contributed by atoms with Crippen LogP contribution < -0.4 is 5.30 Å². The van der Waals surface area contributed by atoms with Crippen LogP contribution in [0.5, 0.6) is 0 Å². The largest absolute Gasteiger partial charge is 0.0690 e. The normalized spacial score (nSPS) is 28.5. The fourth-order valence-corrected chi connectivity index (χ4v) is 7.10.